The fourth-order valence-electron chi connectivity index (χ4n) is 2.61. The van der Waals surface area contributed by atoms with E-state index in [2.05, 4.69) is 4.99 Å². The fraction of sp³-hybridized carbons (Fsp3) is 0.300. The van der Waals surface area contributed by atoms with E-state index in [1.54, 1.807) is 47.5 Å². The van der Waals surface area contributed by atoms with E-state index in [1.165, 1.54) is 12.1 Å². The largest absolute Gasteiger partial charge is 0.478 e. The molecule has 0 bridgehead atoms. The Hall–Kier alpha value is -2.80. The van der Waals surface area contributed by atoms with Crippen molar-refractivity contribution in [2.45, 2.75) is 0 Å². The molecule has 2 rings (SSSR count). The van der Waals surface area contributed by atoms with Crippen LogP contribution in [0.5, 0.6) is 0 Å². The molecule has 2 aromatic rings. The van der Waals surface area contributed by atoms with Crippen LogP contribution in [-0.4, -0.2) is 72.9 Å². The van der Waals surface area contributed by atoms with Crippen molar-refractivity contribution in [2.24, 2.45) is 4.99 Å². The molecule has 32 heavy (non-hydrogen) atoms. The van der Waals surface area contributed by atoms with Crippen LogP contribution in [-0.2, 0) is 28.6 Å². The van der Waals surface area contributed by atoms with Crippen LogP contribution in [0.1, 0.15) is 15.9 Å². The van der Waals surface area contributed by atoms with Gasteiger partial charge in [0, 0.05) is 25.0 Å². The Bertz CT molecular complexity index is 1120. The summed E-state index contributed by atoms with van der Waals surface area (Å²) in [4.78, 5) is 17.0. The van der Waals surface area contributed by atoms with Crippen LogP contribution in [0.25, 0.3) is 0 Å². The van der Waals surface area contributed by atoms with Crippen molar-refractivity contribution < 1.29 is 35.1 Å². The molecule has 0 heterocycles. The maximum atomic E-state index is 11.2. The molecule has 0 aliphatic rings. The van der Waals surface area contributed by atoms with Gasteiger partial charge in [0.2, 0.25) is 0 Å². The molecule has 0 radical (unpaired) electrons. The number of carboxylic acid groups (broad SMARTS) is 1. The molecule has 2 aromatic carbocycles. The molecule has 0 aliphatic heterocycles. The highest BCUT2D eigenvalue weighted by molar-refractivity contribution is 7.86. The van der Waals surface area contributed by atoms with Gasteiger partial charge >= 0.3 is 5.97 Å². The minimum atomic E-state index is -3.60. The number of anilines is 1. The lowest BCUT2D eigenvalue weighted by Crippen LogP contribution is -2.32. The molecule has 0 aromatic heterocycles. The third-order valence-electron chi connectivity index (χ3n) is 4.03. The molecule has 0 saturated heterocycles. The number of hydrogen-bond acceptors (Lipinski definition) is 9. The number of carboxylic acids is 1. The van der Waals surface area contributed by atoms with Gasteiger partial charge in [-0.05, 0) is 35.9 Å². The first-order valence-electron chi connectivity index (χ1n) is 9.34. The number of aromatic carboxylic acids is 1. The van der Waals surface area contributed by atoms with Gasteiger partial charge in [0.1, 0.15) is 0 Å². The molecule has 10 nitrogen and oxygen atoms in total. The normalized spacial score (nSPS) is 12.2. The van der Waals surface area contributed by atoms with Crippen LogP contribution in [0.3, 0.4) is 0 Å². The fourth-order valence-corrected chi connectivity index (χ4v) is 3.36. The van der Waals surface area contributed by atoms with E-state index in [1.807, 2.05) is 0 Å². The maximum Gasteiger partial charge on any atom is 0.335 e. The van der Waals surface area contributed by atoms with Gasteiger partial charge in [-0.1, -0.05) is 18.2 Å². The molecule has 0 fully saturated rings. The number of aliphatic imine (C=N–C) groups is 1. The molecule has 0 unspecified atom stereocenters. The molecule has 1 N–H and O–H groups in total. The highest BCUT2D eigenvalue weighted by atomic mass is 32.2. The second-order valence-corrected chi connectivity index (χ2v) is 10.0. The Morgan fingerprint density at radius 1 is 0.969 bits per heavy atom. The van der Waals surface area contributed by atoms with E-state index in [-0.39, 0.29) is 31.9 Å². The van der Waals surface area contributed by atoms with Gasteiger partial charge in [-0.2, -0.15) is 16.8 Å². The second kappa shape index (κ2) is 11.2. The van der Waals surface area contributed by atoms with Crippen molar-refractivity contribution in [3.8, 4) is 0 Å². The minimum absolute atomic E-state index is 0.110. The first-order valence-corrected chi connectivity index (χ1v) is 13.0. The van der Waals surface area contributed by atoms with Gasteiger partial charge < -0.3 is 10.0 Å². The Balaban J connectivity index is 2.10. The van der Waals surface area contributed by atoms with Crippen LogP contribution in [0, 0.1) is 0 Å². The average Bonchev–Trinajstić information content (AvgIpc) is 2.70. The lowest BCUT2D eigenvalue weighted by Gasteiger charge is -2.24. The van der Waals surface area contributed by atoms with Gasteiger partial charge in [0.25, 0.3) is 20.2 Å². The predicted molar refractivity (Wildman–Crippen MR) is 121 cm³/mol. The molecule has 174 valence electrons. The highest BCUT2D eigenvalue weighted by Crippen LogP contribution is 2.17. The molecule has 0 aliphatic carbocycles. The summed E-state index contributed by atoms with van der Waals surface area (Å²) in [5.74, 6) is -1.04. The lowest BCUT2D eigenvalue weighted by atomic mass is 10.2. The van der Waals surface area contributed by atoms with Crippen LogP contribution in [0.15, 0.2) is 53.5 Å². The first kappa shape index (κ1) is 25.5. The summed E-state index contributed by atoms with van der Waals surface area (Å²) in [5.41, 5.74) is 2.07. The van der Waals surface area contributed by atoms with Gasteiger partial charge in [-0.25, -0.2) is 4.79 Å². The number of carbonyl (C=O) groups is 1. The minimum Gasteiger partial charge on any atom is -0.478 e. The van der Waals surface area contributed by atoms with Crippen molar-refractivity contribution in [2.75, 3.05) is 43.7 Å². The van der Waals surface area contributed by atoms with Crippen LogP contribution in [0.2, 0.25) is 0 Å². The van der Waals surface area contributed by atoms with E-state index in [9.17, 15) is 21.6 Å². The SMILES string of the molecule is CS(=O)(=O)OCCN(CCOS(C)(=O)=O)c1ccc(C=Nc2cccc(C(=O)O)c2)cc1. The third-order valence-corrected chi connectivity index (χ3v) is 5.22. The van der Waals surface area contributed by atoms with E-state index >= 15 is 0 Å². The summed E-state index contributed by atoms with van der Waals surface area (Å²) in [5, 5.41) is 9.05. The van der Waals surface area contributed by atoms with Gasteiger partial charge in [-0.15, -0.1) is 0 Å². The summed E-state index contributed by atoms with van der Waals surface area (Å²) in [6.45, 7) is 0.160. The molecular weight excluding hydrogens is 460 g/mol. The molecular formula is C20H24N2O8S2. The van der Waals surface area contributed by atoms with E-state index in [4.69, 9.17) is 13.5 Å². The molecule has 0 saturated carbocycles. The van der Waals surface area contributed by atoms with Crippen LogP contribution < -0.4 is 4.90 Å². The summed E-state index contributed by atoms with van der Waals surface area (Å²) >= 11 is 0. The molecule has 12 heteroatoms. The summed E-state index contributed by atoms with van der Waals surface area (Å²) in [6, 6.07) is 13.3. The first-order chi connectivity index (χ1) is 14.9. The monoisotopic (exact) mass is 484 g/mol. The van der Waals surface area contributed by atoms with Crippen LogP contribution >= 0.6 is 0 Å². The number of nitrogens with zero attached hydrogens (tertiary/aromatic N) is 2. The number of rotatable bonds is 12. The average molecular weight is 485 g/mol. The van der Waals surface area contributed by atoms with E-state index < -0.39 is 26.2 Å². The number of hydrogen-bond donors (Lipinski definition) is 1. The Morgan fingerprint density at radius 3 is 2.03 bits per heavy atom. The lowest BCUT2D eigenvalue weighted by molar-refractivity contribution is 0.0697. The highest BCUT2D eigenvalue weighted by Gasteiger charge is 2.11. The molecule has 0 amide bonds. The number of benzene rings is 2. The van der Waals surface area contributed by atoms with Crippen molar-refractivity contribution in [1.29, 1.82) is 0 Å². The molecule has 0 atom stereocenters. The van der Waals surface area contributed by atoms with E-state index in [0.717, 1.165) is 18.1 Å². The zero-order valence-corrected chi connectivity index (χ0v) is 19.2. The second-order valence-electron chi connectivity index (χ2n) is 6.74. The van der Waals surface area contributed by atoms with Crippen LogP contribution in [0.4, 0.5) is 11.4 Å². The maximum absolute atomic E-state index is 11.2. The topological polar surface area (TPSA) is 140 Å². The zero-order valence-electron chi connectivity index (χ0n) is 17.5. The van der Waals surface area contributed by atoms with E-state index in [0.29, 0.717) is 11.4 Å². The van der Waals surface area contributed by atoms with Gasteiger partial charge in [0.15, 0.2) is 0 Å². The summed E-state index contributed by atoms with van der Waals surface area (Å²) in [7, 11) is -7.21. The Morgan fingerprint density at radius 2 is 1.53 bits per heavy atom. The Kier molecular flexibility index (Phi) is 8.89. The van der Waals surface area contributed by atoms with Gasteiger partial charge in [0.05, 0.1) is 37.0 Å². The standard InChI is InChI=1S/C20H24N2O8S2/c1-31(25,26)29-12-10-22(11-13-30-32(2,27)28)19-8-6-16(7-9-19)15-21-18-5-3-4-17(14-18)20(23)24/h3-9,14-15H,10-13H2,1-2H3,(H,23,24). The zero-order chi connectivity index (χ0) is 23.8. The summed E-state index contributed by atoms with van der Waals surface area (Å²) < 4.78 is 54.3. The summed E-state index contributed by atoms with van der Waals surface area (Å²) in [6.07, 6.45) is 3.48. The Labute approximate surface area is 187 Å². The quantitative estimate of drug-likeness (QED) is 0.353. The smallest absolute Gasteiger partial charge is 0.335 e. The van der Waals surface area contributed by atoms with Crippen molar-refractivity contribution in [3.63, 3.8) is 0 Å². The van der Waals surface area contributed by atoms with Crippen molar-refractivity contribution in [1.82, 2.24) is 0 Å². The predicted octanol–water partition coefficient (Wildman–Crippen LogP) is 1.89. The molecule has 0 spiro atoms. The van der Waals surface area contributed by atoms with Crippen molar-refractivity contribution >= 4 is 43.8 Å². The van der Waals surface area contributed by atoms with Gasteiger partial charge in [-0.3, -0.25) is 13.4 Å². The third kappa shape index (κ3) is 9.56. The van der Waals surface area contributed by atoms with Crippen molar-refractivity contribution in [3.05, 3.63) is 59.7 Å².